The van der Waals surface area contributed by atoms with Crippen molar-refractivity contribution in [1.29, 1.82) is 0 Å². The number of hydrogen-bond donors (Lipinski definition) is 0. The molecule has 0 aromatic carbocycles. The Balaban J connectivity index is 2.06. The van der Waals surface area contributed by atoms with Crippen molar-refractivity contribution in [3.63, 3.8) is 0 Å². The van der Waals surface area contributed by atoms with E-state index < -0.39 is 5.60 Å². The molecule has 4 heteroatoms. The summed E-state index contributed by atoms with van der Waals surface area (Å²) in [5.74, 6) is 0.256. The van der Waals surface area contributed by atoms with E-state index in [1.807, 2.05) is 19.1 Å². The maximum atomic E-state index is 12.4. The average molecular weight is 317 g/mol. The summed E-state index contributed by atoms with van der Waals surface area (Å²) in [5, 5.41) is 0. The lowest BCUT2D eigenvalue weighted by Crippen LogP contribution is -2.39. The van der Waals surface area contributed by atoms with Gasteiger partial charge >= 0.3 is 0 Å². The van der Waals surface area contributed by atoms with Crippen LogP contribution in [0.15, 0.2) is 15.9 Å². The third-order valence-corrected chi connectivity index (χ3v) is 4.93. The van der Waals surface area contributed by atoms with Gasteiger partial charge in [-0.15, -0.1) is 11.3 Å². The van der Waals surface area contributed by atoms with E-state index in [0.717, 1.165) is 34.3 Å². The predicted molar refractivity (Wildman–Crippen MR) is 73.6 cm³/mol. The van der Waals surface area contributed by atoms with E-state index in [2.05, 4.69) is 15.9 Å². The van der Waals surface area contributed by atoms with Gasteiger partial charge in [-0.05, 0) is 60.7 Å². The fourth-order valence-electron chi connectivity index (χ4n) is 2.49. The summed E-state index contributed by atoms with van der Waals surface area (Å²) in [5.41, 5.74) is -0.481. The van der Waals surface area contributed by atoms with Crippen LogP contribution in [-0.2, 0) is 16.0 Å². The molecular formula is C13H17BrO2S. The molecule has 2 nitrogen and oxygen atoms in total. The fraction of sp³-hybridized carbons (Fsp3) is 0.615. The molecule has 94 valence electrons. The van der Waals surface area contributed by atoms with Crippen LogP contribution in [-0.4, -0.2) is 18.0 Å². The molecular weight excluding hydrogens is 300 g/mol. The average Bonchev–Trinajstić information content (AvgIpc) is 2.89. The molecule has 1 saturated carbocycles. The van der Waals surface area contributed by atoms with E-state index in [4.69, 9.17) is 4.74 Å². The van der Waals surface area contributed by atoms with Crippen molar-refractivity contribution in [3.8, 4) is 0 Å². The van der Waals surface area contributed by atoms with Gasteiger partial charge in [0.25, 0.3) is 0 Å². The van der Waals surface area contributed by atoms with E-state index >= 15 is 0 Å². The molecule has 0 unspecified atom stereocenters. The van der Waals surface area contributed by atoms with Crippen molar-refractivity contribution in [2.75, 3.05) is 6.61 Å². The van der Waals surface area contributed by atoms with Crippen LogP contribution in [0.25, 0.3) is 0 Å². The summed E-state index contributed by atoms with van der Waals surface area (Å²) >= 11 is 5.06. The second-order valence-corrected chi connectivity index (χ2v) is 6.99. The topological polar surface area (TPSA) is 26.3 Å². The molecule has 1 fully saturated rings. The summed E-state index contributed by atoms with van der Waals surface area (Å²) < 4.78 is 6.86. The van der Waals surface area contributed by atoms with Gasteiger partial charge in [-0.2, -0.15) is 0 Å². The maximum Gasteiger partial charge on any atom is 0.169 e. The van der Waals surface area contributed by atoms with E-state index in [1.165, 1.54) is 0 Å². The zero-order chi connectivity index (χ0) is 12.3. The SMILES string of the molecule is CCOC1(C(=O)Cc2ccc(Br)s2)CCCC1. The Morgan fingerprint density at radius 3 is 2.71 bits per heavy atom. The molecule has 0 saturated heterocycles. The highest BCUT2D eigenvalue weighted by molar-refractivity contribution is 9.11. The van der Waals surface area contributed by atoms with Crippen LogP contribution in [0.5, 0.6) is 0 Å². The first kappa shape index (κ1) is 13.2. The number of thiophene rings is 1. The number of ketones is 1. The van der Waals surface area contributed by atoms with Crippen molar-refractivity contribution in [2.45, 2.75) is 44.6 Å². The van der Waals surface area contributed by atoms with Crippen LogP contribution in [0.1, 0.15) is 37.5 Å². The smallest absolute Gasteiger partial charge is 0.169 e. The van der Waals surface area contributed by atoms with Crippen LogP contribution >= 0.6 is 27.3 Å². The summed E-state index contributed by atoms with van der Waals surface area (Å²) in [6, 6.07) is 4.01. The normalized spacial score (nSPS) is 18.5. The van der Waals surface area contributed by atoms with E-state index in [0.29, 0.717) is 13.0 Å². The molecule has 0 radical (unpaired) electrons. The Morgan fingerprint density at radius 1 is 1.47 bits per heavy atom. The molecule has 0 amide bonds. The molecule has 0 aliphatic heterocycles. The molecule has 0 bridgehead atoms. The van der Waals surface area contributed by atoms with Crippen LogP contribution in [0.3, 0.4) is 0 Å². The number of carbonyl (C=O) groups is 1. The lowest BCUT2D eigenvalue weighted by atomic mass is 9.93. The van der Waals surface area contributed by atoms with Crippen LogP contribution in [0.2, 0.25) is 0 Å². The van der Waals surface area contributed by atoms with E-state index in [-0.39, 0.29) is 5.78 Å². The minimum atomic E-state index is -0.481. The molecule has 1 heterocycles. The van der Waals surface area contributed by atoms with Gasteiger partial charge in [0, 0.05) is 17.9 Å². The first-order valence-corrected chi connectivity index (χ1v) is 7.69. The molecule has 1 aromatic rings. The van der Waals surface area contributed by atoms with Crippen molar-refractivity contribution in [1.82, 2.24) is 0 Å². The summed E-state index contributed by atoms with van der Waals surface area (Å²) in [7, 11) is 0. The van der Waals surface area contributed by atoms with Gasteiger partial charge in [0.2, 0.25) is 0 Å². The highest BCUT2D eigenvalue weighted by atomic mass is 79.9. The highest BCUT2D eigenvalue weighted by Crippen LogP contribution is 2.35. The van der Waals surface area contributed by atoms with Gasteiger partial charge < -0.3 is 4.74 Å². The third-order valence-electron chi connectivity index (χ3n) is 3.30. The van der Waals surface area contributed by atoms with Gasteiger partial charge in [0.1, 0.15) is 5.60 Å². The molecule has 2 rings (SSSR count). The Bertz CT molecular complexity index is 394. The monoisotopic (exact) mass is 316 g/mol. The number of hydrogen-bond acceptors (Lipinski definition) is 3. The van der Waals surface area contributed by atoms with Gasteiger partial charge in [0.15, 0.2) is 5.78 Å². The largest absolute Gasteiger partial charge is 0.367 e. The van der Waals surface area contributed by atoms with E-state index in [9.17, 15) is 4.79 Å². The van der Waals surface area contributed by atoms with Gasteiger partial charge in [-0.25, -0.2) is 0 Å². The molecule has 17 heavy (non-hydrogen) atoms. The number of Topliss-reactive ketones (excluding diaryl/α,β-unsaturated/α-hetero) is 1. The van der Waals surface area contributed by atoms with Crippen LogP contribution in [0, 0.1) is 0 Å². The standard InChI is InChI=1S/C13H17BrO2S/c1-2-16-13(7-3-4-8-13)11(15)9-10-5-6-12(14)17-10/h5-6H,2-4,7-9H2,1H3. The molecule has 0 N–H and O–H groups in total. The minimum absolute atomic E-state index is 0.256. The molecule has 0 spiro atoms. The van der Waals surface area contributed by atoms with Crippen LogP contribution in [0.4, 0.5) is 0 Å². The zero-order valence-electron chi connectivity index (χ0n) is 10.0. The Morgan fingerprint density at radius 2 is 2.18 bits per heavy atom. The summed E-state index contributed by atoms with van der Waals surface area (Å²) in [4.78, 5) is 13.5. The Kier molecular flexibility index (Phi) is 4.39. The lowest BCUT2D eigenvalue weighted by molar-refractivity contribution is -0.142. The van der Waals surface area contributed by atoms with Crippen molar-refractivity contribution in [3.05, 3.63) is 20.8 Å². The van der Waals surface area contributed by atoms with Crippen molar-refractivity contribution in [2.24, 2.45) is 0 Å². The first-order valence-electron chi connectivity index (χ1n) is 6.08. The van der Waals surface area contributed by atoms with Crippen molar-refractivity contribution < 1.29 is 9.53 Å². The van der Waals surface area contributed by atoms with Gasteiger partial charge in [-0.1, -0.05) is 0 Å². The number of ether oxygens (including phenoxy) is 1. The zero-order valence-corrected chi connectivity index (χ0v) is 12.4. The second-order valence-electron chi connectivity index (χ2n) is 4.44. The molecule has 1 aliphatic rings. The van der Waals surface area contributed by atoms with Gasteiger partial charge in [0.05, 0.1) is 3.79 Å². The van der Waals surface area contributed by atoms with E-state index in [1.54, 1.807) is 11.3 Å². The third kappa shape index (κ3) is 2.98. The maximum absolute atomic E-state index is 12.4. The first-order chi connectivity index (χ1) is 8.16. The molecule has 1 aromatic heterocycles. The molecule has 0 atom stereocenters. The van der Waals surface area contributed by atoms with Crippen LogP contribution < -0.4 is 0 Å². The number of rotatable bonds is 5. The van der Waals surface area contributed by atoms with Gasteiger partial charge in [-0.3, -0.25) is 4.79 Å². The lowest BCUT2D eigenvalue weighted by Gasteiger charge is -2.27. The minimum Gasteiger partial charge on any atom is -0.367 e. The Labute approximate surface area is 114 Å². The van der Waals surface area contributed by atoms with Crippen molar-refractivity contribution >= 4 is 33.0 Å². The second kappa shape index (κ2) is 5.63. The number of carbonyl (C=O) groups excluding carboxylic acids is 1. The number of halogens is 1. The summed E-state index contributed by atoms with van der Waals surface area (Å²) in [6.45, 7) is 2.59. The molecule has 1 aliphatic carbocycles. The fourth-order valence-corrected chi connectivity index (χ4v) is 3.97. The highest BCUT2D eigenvalue weighted by Gasteiger charge is 2.41. The predicted octanol–water partition coefficient (Wildman–Crippen LogP) is 3.97. The Hall–Kier alpha value is -0.190. The summed E-state index contributed by atoms with van der Waals surface area (Å²) in [6.07, 6.45) is 4.52. The quantitative estimate of drug-likeness (QED) is 0.821.